The van der Waals surface area contributed by atoms with Crippen molar-refractivity contribution in [2.75, 3.05) is 112 Å². The Morgan fingerprint density at radius 3 is 1.09 bits per heavy atom. The van der Waals surface area contributed by atoms with Crippen LogP contribution in [0.5, 0.6) is 5.75 Å². The molecule has 0 atom stereocenters. The van der Waals surface area contributed by atoms with Crippen LogP contribution in [0.3, 0.4) is 0 Å². The minimum Gasteiger partial charge on any atom is -0.491 e. The van der Waals surface area contributed by atoms with Gasteiger partial charge in [0.15, 0.2) is 0 Å². The lowest BCUT2D eigenvalue weighted by Crippen LogP contribution is -2.15. The molecule has 0 spiro atoms. The maximum Gasteiger partial charge on any atom is 0.119 e. The molecular weight excluding hydrogens is 576 g/mol. The van der Waals surface area contributed by atoms with E-state index in [0.29, 0.717) is 106 Å². The number of benzene rings is 1. The minimum absolute atomic E-state index is 0.532. The number of ether oxygens (including phenoxy) is 9. The maximum absolute atomic E-state index is 5.78. The SMILES string of the molecule is CCCCCCCCCc1ccc(OCCOCCOCCOCCOCCOCCOCCOCCOCCCCC)cc1. The molecule has 9 heteroatoms. The van der Waals surface area contributed by atoms with Crippen molar-refractivity contribution in [2.24, 2.45) is 0 Å². The molecule has 0 N–H and O–H groups in total. The highest BCUT2D eigenvalue weighted by atomic mass is 16.6. The van der Waals surface area contributed by atoms with Crippen molar-refractivity contribution in [1.29, 1.82) is 0 Å². The summed E-state index contributed by atoms with van der Waals surface area (Å²) >= 11 is 0. The first kappa shape index (κ1) is 41.7. The number of rotatable bonds is 37. The summed E-state index contributed by atoms with van der Waals surface area (Å²) in [6.45, 7) is 14.1. The molecule has 45 heavy (non-hydrogen) atoms. The Labute approximate surface area is 274 Å². The van der Waals surface area contributed by atoms with E-state index in [0.717, 1.165) is 25.2 Å². The van der Waals surface area contributed by atoms with Crippen molar-refractivity contribution in [1.82, 2.24) is 0 Å². The summed E-state index contributed by atoms with van der Waals surface area (Å²) < 4.78 is 49.9. The molecule has 0 unspecified atom stereocenters. The third-order valence-corrected chi connectivity index (χ3v) is 6.99. The van der Waals surface area contributed by atoms with Gasteiger partial charge in [0.1, 0.15) is 12.4 Å². The van der Waals surface area contributed by atoms with Crippen LogP contribution in [0, 0.1) is 0 Å². The normalized spacial score (nSPS) is 11.4. The van der Waals surface area contributed by atoms with Crippen molar-refractivity contribution in [3.05, 3.63) is 29.8 Å². The number of hydrogen-bond donors (Lipinski definition) is 0. The summed E-state index contributed by atoms with van der Waals surface area (Å²) in [5.41, 5.74) is 1.39. The van der Waals surface area contributed by atoms with Gasteiger partial charge in [-0.05, 0) is 37.0 Å². The summed E-state index contributed by atoms with van der Waals surface area (Å²) in [6, 6.07) is 8.47. The van der Waals surface area contributed by atoms with Gasteiger partial charge in [0.05, 0.1) is 99.1 Å². The van der Waals surface area contributed by atoms with Crippen LogP contribution in [0.1, 0.15) is 83.6 Å². The predicted octanol–water partition coefficient (Wildman–Crippen LogP) is 6.68. The molecule has 0 aliphatic carbocycles. The molecule has 1 rings (SSSR count). The van der Waals surface area contributed by atoms with Gasteiger partial charge in [-0.3, -0.25) is 0 Å². The van der Waals surface area contributed by atoms with Gasteiger partial charge in [-0.2, -0.15) is 0 Å². The van der Waals surface area contributed by atoms with Gasteiger partial charge < -0.3 is 42.6 Å². The van der Waals surface area contributed by atoms with Gasteiger partial charge in [-0.25, -0.2) is 0 Å². The first-order chi connectivity index (χ1) is 22.4. The van der Waals surface area contributed by atoms with Crippen LogP contribution in [-0.4, -0.2) is 112 Å². The smallest absolute Gasteiger partial charge is 0.119 e. The highest BCUT2D eigenvalue weighted by molar-refractivity contribution is 5.27. The van der Waals surface area contributed by atoms with Crippen molar-refractivity contribution in [2.45, 2.75) is 84.5 Å². The van der Waals surface area contributed by atoms with E-state index in [1.807, 2.05) is 0 Å². The summed E-state index contributed by atoms with van der Waals surface area (Å²) in [5.74, 6) is 0.893. The van der Waals surface area contributed by atoms with Gasteiger partial charge >= 0.3 is 0 Å². The van der Waals surface area contributed by atoms with E-state index in [1.54, 1.807) is 0 Å². The van der Waals surface area contributed by atoms with Gasteiger partial charge in [-0.15, -0.1) is 0 Å². The zero-order chi connectivity index (χ0) is 32.1. The second-order valence-corrected chi connectivity index (χ2v) is 11.0. The first-order valence-corrected chi connectivity index (χ1v) is 17.7. The third kappa shape index (κ3) is 31.1. The first-order valence-electron chi connectivity index (χ1n) is 17.7. The highest BCUT2D eigenvalue weighted by Crippen LogP contribution is 2.15. The minimum atomic E-state index is 0.532. The molecule has 0 fully saturated rings. The van der Waals surface area contributed by atoms with Crippen LogP contribution in [-0.2, 0) is 44.3 Å². The lowest BCUT2D eigenvalue weighted by Gasteiger charge is -2.09. The molecular formula is C36H66O9. The van der Waals surface area contributed by atoms with E-state index in [2.05, 4.69) is 38.1 Å². The van der Waals surface area contributed by atoms with Crippen LogP contribution in [0.15, 0.2) is 24.3 Å². The van der Waals surface area contributed by atoms with E-state index in [9.17, 15) is 0 Å². The average Bonchev–Trinajstić information content (AvgIpc) is 3.06. The van der Waals surface area contributed by atoms with Crippen LogP contribution in [0.2, 0.25) is 0 Å². The van der Waals surface area contributed by atoms with E-state index in [-0.39, 0.29) is 0 Å². The second-order valence-electron chi connectivity index (χ2n) is 11.0. The van der Waals surface area contributed by atoms with Gasteiger partial charge in [0.2, 0.25) is 0 Å². The fourth-order valence-corrected chi connectivity index (χ4v) is 4.35. The molecule has 0 saturated heterocycles. The topological polar surface area (TPSA) is 83.1 Å². The molecule has 0 amide bonds. The average molecular weight is 643 g/mol. The van der Waals surface area contributed by atoms with Crippen LogP contribution in [0.25, 0.3) is 0 Å². The molecule has 9 nitrogen and oxygen atoms in total. The Hall–Kier alpha value is -1.30. The fourth-order valence-electron chi connectivity index (χ4n) is 4.35. The molecule has 1 aromatic carbocycles. The van der Waals surface area contributed by atoms with Crippen molar-refractivity contribution >= 4 is 0 Å². The summed E-state index contributed by atoms with van der Waals surface area (Å²) in [5, 5.41) is 0. The predicted molar refractivity (Wildman–Crippen MR) is 180 cm³/mol. The summed E-state index contributed by atoms with van der Waals surface area (Å²) in [6.07, 6.45) is 14.1. The molecule has 0 aliphatic rings. The highest BCUT2D eigenvalue weighted by Gasteiger charge is 1.99. The third-order valence-electron chi connectivity index (χ3n) is 6.99. The van der Waals surface area contributed by atoms with Crippen LogP contribution < -0.4 is 4.74 Å². The van der Waals surface area contributed by atoms with E-state index >= 15 is 0 Å². The molecule has 0 aliphatic heterocycles. The number of aryl methyl sites for hydroxylation is 1. The van der Waals surface area contributed by atoms with Crippen molar-refractivity contribution in [3.8, 4) is 5.75 Å². The second kappa shape index (κ2) is 35.6. The maximum atomic E-state index is 5.78. The molecule has 0 heterocycles. The van der Waals surface area contributed by atoms with Crippen LogP contribution >= 0.6 is 0 Å². The zero-order valence-corrected chi connectivity index (χ0v) is 28.8. The monoisotopic (exact) mass is 642 g/mol. The van der Waals surface area contributed by atoms with Crippen molar-refractivity contribution < 1.29 is 42.6 Å². The Morgan fingerprint density at radius 1 is 0.333 bits per heavy atom. The van der Waals surface area contributed by atoms with E-state index in [4.69, 9.17) is 42.6 Å². The Morgan fingerprint density at radius 2 is 0.667 bits per heavy atom. The van der Waals surface area contributed by atoms with Gasteiger partial charge in [0, 0.05) is 6.61 Å². The lowest BCUT2D eigenvalue weighted by molar-refractivity contribution is -0.0236. The zero-order valence-electron chi connectivity index (χ0n) is 28.8. The van der Waals surface area contributed by atoms with Gasteiger partial charge in [-0.1, -0.05) is 77.3 Å². The number of hydrogen-bond acceptors (Lipinski definition) is 9. The molecule has 1 aromatic rings. The molecule has 0 radical (unpaired) electrons. The summed E-state index contributed by atoms with van der Waals surface area (Å²) in [4.78, 5) is 0. The molecule has 0 saturated carbocycles. The fraction of sp³-hybridized carbons (Fsp3) is 0.833. The van der Waals surface area contributed by atoms with Gasteiger partial charge in [0.25, 0.3) is 0 Å². The van der Waals surface area contributed by atoms with Crippen molar-refractivity contribution in [3.63, 3.8) is 0 Å². The molecule has 264 valence electrons. The molecule has 0 aromatic heterocycles. The van der Waals surface area contributed by atoms with E-state index < -0.39 is 0 Å². The standard InChI is InChI=1S/C36H66O9/c1-3-5-7-8-9-10-11-13-35-14-16-36(17-15-35)45-34-33-44-32-31-43-30-29-42-28-27-41-26-25-40-24-23-39-22-21-38-20-19-37-18-12-6-4-2/h14-17H,3-13,18-34H2,1-2H3. The van der Waals surface area contributed by atoms with E-state index in [1.165, 1.54) is 63.4 Å². The number of unbranched alkanes of at least 4 members (excludes halogenated alkanes) is 8. The summed E-state index contributed by atoms with van der Waals surface area (Å²) in [7, 11) is 0. The Balaban J connectivity index is 1.72. The quantitative estimate of drug-likeness (QED) is 0.0738. The largest absolute Gasteiger partial charge is 0.491 e. The van der Waals surface area contributed by atoms with Crippen LogP contribution in [0.4, 0.5) is 0 Å². The molecule has 0 bridgehead atoms. The Bertz CT molecular complexity index is 690. The Kier molecular flexibility index (Phi) is 33.0. The lowest BCUT2D eigenvalue weighted by atomic mass is 10.0.